The molecule has 2 rings (SSSR count). The van der Waals surface area contributed by atoms with Crippen LogP contribution in [0.2, 0.25) is 0 Å². The van der Waals surface area contributed by atoms with Crippen LogP contribution in [0.5, 0.6) is 0 Å². The fourth-order valence-electron chi connectivity index (χ4n) is 3.62. The van der Waals surface area contributed by atoms with Gasteiger partial charge < -0.3 is 14.6 Å². The minimum atomic E-state index is -0.489. The van der Waals surface area contributed by atoms with Crippen molar-refractivity contribution in [3.63, 3.8) is 0 Å². The average molecular weight is 349 g/mol. The van der Waals surface area contributed by atoms with Crippen LogP contribution in [0.3, 0.4) is 0 Å². The minimum absolute atomic E-state index is 0.114. The molecule has 0 aromatic heterocycles. The number of aliphatic hydroxyl groups is 1. The van der Waals surface area contributed by atoms with Crippen molar-refractivity contribution >= 4 is 0 Å². The number of benzene rings is 1. The molecule has 0 radical (unpaired) electrons. The van der Waals surface area contributed by atoms with Crippen molar-refractivity contribution < 1.29 is 14.6 Å². The highest BCUT2D eigenvalue weighted by atomic mass is 16.7. The van der Waals surface area contributed by atoms with Gasteiger partial charge in [-0.1, -0.05) is 70.2 Å². The summed E-state index contributed by atoms with van der Waals surface area (Å²) in [6.45, 7) is 8.27. The fourth-order valence-corrected chi connectivity index (χ4v) is 3.62. The summed E-state index contributed by atoms with van der Waals surface area (Å²) < 4.78 is 12.3. The zero-order valence-corrected chi connectivity index (χ0v) is 16.5. The second-order valence-corrected chi connectivity index (χ2v) is 7.79. The third-order valence-electron chi connectivity index (χ3n) is 5.07. The van der Waals surface area contributed by atoms with Crippen molar-refractivity contribution in [3.05, 3.63) is 35.4 Å². The molecule has 1 aliphatic rings. The van der Waals surface area contributed by atoms with E-state index in [2.05, 4.69) is 19.1 Å². The van der Waals surface area contributed by atoms with Gasteiger partial charge in [-0.05, 0) is 37.8 Å². The van der Waals surface area contributed by atoms with Gasteiger partial charge in [0.25, 0.3) is 0 Å². The number of hydrogen-bond donors (Lipinski definition) is 1. The van der Waals surface area contributed by atoms with Gasteiger partial charge in [0.1, 0.15) is 0 Å². The molecule has 1 saturated heterocycles. The number of hydrogen-bond acceptors (Lipinski definition) is 3. The average Bonchev–Trinajstić information content (AvgIpc) is 2.88. The highest BCUT2D eigenvalue weighted by Crippen LogP contribution is 2.33. The van der Waals surface area contributed by atoms with Crippen LogP contribution >= 0.6 is 0 Å². The Morgan fingerprint density at radius 2 is 1.60 bits per heavy atom. The lowest BCUT2D eigenvalue weighted by molar-refractivity contribution is -0.146. The summed E-state index contributed by atoms with van der Waals surface area (Å²) in [5.41, 5.74) is 2.23. The zero-order chi connectivity index (χ0) is 18.3. The zero-order valence-electron chi connectivity index (χ0n) is 16.5. The van der Waals surface area contributed by atoms with Gasteiger partial charge in [0, 0.05) is 6.42 Å². The molecule has 0 spiro atoms. The third kappa shape index (κ3) is 6.40. The number of unbranched alkanes of at least 4 members (excludes halogenated alkanes) is 4. The molecule has 1 N–H and O–H groups in total. The molecule has 1 aromatic carbocycles. The molecule has 25 heavy (non-hydrogen) atoms. The van der Waals surface area contributed by atoms with Crippen LogP contribution in [0, 0.1) is 0 Å². The molecular formula is C22H36O3. The van der Waals surface area contributed by atoms with Crippen molar-refractivity contribution in [2.75, 3.05) is 0 Å². The van der Waals surface area contributed by atoms with Gasteiger partial charge >= 0.3 is 0 Å². The Hall–Kier alpha value is -0.900. The van der Waals surface area contributed by atoms with Crippen molar-refractivity contribution in [2.24, 2.45) is 0 Å². The van der Waals surface area contributed by atoms with Crippen molar-refractivity contribution in [2.45, 2.75) is 103 Å². The molecule has 1 fully saturated rings. The van der Waals surface area contributed by atoms with Crippen molar-refractivity contribution in [1.82, 2.24) is 0 Å². The normalized spacial score (nSPS) is 23.7. The van der Waals surface area contributed by atoms with Gasteiger partial charge in [-0.15, -0.1) is 0 Å². The van der Waals surface area contributed by atoms with Crippen molar-refractivity contribution in [3.8, 4) is 0 Å². The highest BCUT2D eigenvalue weighted by molar-refractivity contribution is 5.25. The molecule has 3 atom stereocenters. The van der Waals surface area contributed by atoms with Crippen LogP contribution in [0.25, 0.3) is 0 Å². The second kappa shape index (κ2) is 9.70. The smallest absolute Gasteiger partial charge is 0.163 e. The van der Waals surface area contributed by atoms with Crippen LogP contribution < -0.4 is 0 Å². The van der Waals surface area contributed by atoms with Crippen molar-refractivity contribution in [1.29, 1.82) is 0 Å². The minimum Gasteiger partial charge on any atom is -0.388 e. The summed E-state index contributed by atoms with van der Waals surface area (Å²) in [6.07, 6.45) is 9.03. The first-order chi connectivity index (χ1) is 11.9. The van der Waals surface area contributed by atoms with Crippen LogP contribution in [0.15, 0.2) is 24.3 Å². The van der Waals surface area contributed by atoms with E-state index < -0.39 is 5.79 Å². The second-order valence-electron chi connectivity index (χ2n) is 7.79. The van der Waals surface area contributed by atoms with Gasteiger partial charge in [0.15, 0.2) is 5.79 Å². The predicted octanol–water partition coefficient (Wildman–Crippen LogP) is 5.55. The maximum Gasteiger partial charge on any atom is 0.163 e. The largest absolute Gasteiger partial charge is 0.388 e. The van der Waals surface area contributed by atoms with E-state index in [1.54, 1.807) is 0 Å². The lowest BCUT2D eigenvalue weighted by atomic mass is 9.97. The lowest BCUT2D eigenvalue weighted by Gasteiger charge is -2.17. The Balaban J connectivity index is 1.90. The SMILES string of the molecule is CCCCCCCC1OC(C)(C)OC1Cc1ccc(C(O)CC)cc1. The van der Waals surface area contributed by atoms with E-state index in [0.29, 0.717) is 0 Å². The molecule has 3 heteroatoms. The quantitative estimate of drug-likeness (QED) is 0.563. The molecule has 1 aliphatic heterocycles. The Labute approximate surface area is 153 Å². The topological polar surface area (TPSA) is 38.7 Å². The van der Waals surface area contributed by atoms with E-state index >= 15 is 0 Å². The van der Waals surface area contributed by atoms with Gasteiger partial charge in [-0.3, -0.25) is 0 Å². The number of aliphatic hydroxyl groups excluding tert-OH is 1. The Kier molecular flexibility index (Phi) is 7.92. The highest BCUT2D eigenvalue weighted by Gasteiger charge is 2.40. The molecule has 1 heterocycles. The number of rotatable bonds is 10. The monoisotopic (exact) mass is 348 g/mol. The molecule has 1 aromatic rings. The number of ether oxygens (including phenoxy) is 2. The van der Waals surface area contributed by atoms with E-state index in [-0.39, 0.29) is 18.3 Å². The summed E-state index contributed by atoms with van der Waals surface area (Å²) in [5, 5.41) is 9.93. The van der Waals surface area contributed by atoms with E-state index in [4.69, 9.17) is 9.47 Å². The first kappa shape index (κ1) is 20.4. The van der Waals surface area contributed by atoms with Gasteiger partial charge in [0.05, 0.1) is 18.3 Å². The molecule has 0 saturated carbocycles. The molecule has 3 nitrogen and oxygen atoms in total. The molecule has 0 amide bonds. The summed E-state index contributed by atoms with van der Waals surface area (Å²) in [5.74, 6) is -0.489. The standard InChI is InChI=1S/C22H36O3/c1-5-7-8-9-10-11-20-21(25-22(3,4)24-20)16-17-12-14-18(15-13-17)19(23)6-2/h12-15,19-21,23H,5-11,16H2,1-4H3. The molecule has 0 aliphatic carbocycles. The van der Waals surface area contributed by atoms with Crippen LogP contribution in [-0.2, 0) is 15.9 Å². The van der Waals surface area contributed by atoms with Crippen LogP contribution in [0.4, 0.5) is 0 Å². The summed E-state index contributed by atoms with van der Waals surface area (Å²) in [4.78, 5) is 0. The molecular weight excluding hydrogens is 312 g/mol. The summed E-state index contributed by atoms with van der Waals surface area (Å²) in [7, 11) is 0. The molecule has 0 bridgehead atoms. The van der Waals surface area contributed by atoms with E-state index in [9.17, 15) is 5.11 Å². The van der Waals surface area contributed by atoms with E-state index in [1.165, 1.54) is 37.7 Å². The van der Waals surface area contributed by atoms with Gasteiger partial charge in [-0.25, -0.2) is 0 Å². The maximum atomic E-state index is 9.93. The predicted molar refractivity (Wildman–Crippen MR) is 103 cm³/mol. The first-order valence-electron chi connectivity index (χ1n) is 10.1. The first-order valence-corrected chi connectivity index (χ1v) is 10.1. The van der Waals surface area contributed by atoms with Crippen LogP contribution in [-0.4, -0.2) is 23.1 Å². The maximum absolute atomic E-state index is 9.93. The Bertz CT molecular complexity index is 494. The summed E-state index contributed by atoms with van der Waals surface area (Å²) >= 11 is 0. The Morgan fingerprint density at radius 3 is 2.24 bits per heavy atom. The van der Waals surface area contributed by atoms with Gasteiger partial charge in [-0.2, -0.15) is 0 Å². The molecule has 3 unspecified atom stereocenters. The van der Waals surface area contributed by atoms with Gasteiger partial charge in [0.2, 0.25) is 0 Å². The van der Waals surface area contributed by atoms with E-state index in [1.807, 2.05) is 32.9 Å². The van der Waals surface area contributed by atoms with E-state index in [0.717, 1.165) is 24.8 Å². The Morgan fingerprint density at radius 1 is 0.960 bits per heavy atom. The lowest BCUT2D eigenvalue weighted by Crippen LogP contribution is -2.25. The third-order valence-corrected chi connectivity index (χ3v) is 5.07. The molecule has 142 valence electrons. The summed E-state index contributed by atoms with van der Waals surface area (Å²) in [6, 6.07) is 8.29. The van der Waals surface area contributed by atoms with Crippen LogP contribution in [0.1, 0.15) is 89.9 Å². The fraction of sp³-hybridized carbons (Fsp3) is 0.727.